The van der Waals surface area contributed by atoms with Crippen LogP contribution in [0.25, 0.3) is 0 Å². The fourth-order valence-corrected chi connectivity index (χ4v) is 2.95. The van der Waals surface area contributed by atoms with Gasteiger partial charge in [-0.3, -0.25) is 9.59 Å². The van der Waals surface area contributed by atoms with Crippen molar-refractivity contribution in [2.24, 2.45) is 11.7 Å². The molecule has 0 aliphatic carbocycles. The fourth-order valence-electron chi connectivity index (χ4n) is 2.95. The van der Waals surface area contributed by atoms with Gasteiger partial charge in [-0.25, -0.2) is 0 Å². The second kappa shape index (κ2) is 7.97. The highest BCUT2D eigenvalue weighted by Crippen LogP contribution is 2.29. The van der Waals surface area contributed by atoms with Gasteiger partial charge in [-0.1, -0.05) is 25.8 Å². The van der Waals surface area contributed by atoms with Crippen LogP contribution in [0.4, 0.5) is 5.69 Å². The maximum absolute atomic E-state index is 11.7. The summed E-state index contributed by atoms with van der Waals surface area (Å²) in [4.78, 5) is 23.1. The molecule has 1 rings (SSSR count). The number of hydrogen-bond donors (Lipinski definition) is 2. The summed E-state index contributed by atoms with van der Waals surface area (Å²) in [5.74, 6) is -0.474. The summed E-state index contributed by atoms with van der Waals surface area (Å²) in [5.41, 5.74) is 10.8. The summed E-state index contributed by atoms with van der Waals surface area (Å²) in [7, 11) is 0. The Kier molecular flexibility index (Phi) is 6.60. The lowest BCUT2D eigenvalue weighted by molar-refractivity contribution is -0.122. The van der Waals surface area contributed by atoms with Gasteiger partial charge in [0.05, 0.1) is 0 Å². The summed E-state index contributed by atoms with van der Waals surface area (Å²) in [5, 5.41) is 2.90. The molecular formula is C18H28N2O2. The second-order valence-electron chi connectivity index (χ2n) is 6.12. The van der Waals surface area contributed by atoms with E-state index in [9.17, 15) is 9.59 Å². The highest BCUT2D eigenvalue weighted by molar-refractivity contribution is 5.91. The lowest BCUT2D eigenvalue weighted by Crippen LogP contribution is -2.26. The van der Waals surface area contributed by atoms with E-state index in [-0.39, 0.29) is 17.7 Å². The van der Waals surface area contributed by atoms with E-state index in [2.05, 4.69) is 18.3 Å². The largest absolute Gasteiger partial charge is 0.369 e. The molecule has 1 aromatic rings. The van der Waals surface area contributed by atoms with Gasteiger partial charge in [-0.2, -0.15) is 0 Å². The molecule has 0 saturated carbocycles. The first-order valence-corrected chi connectivity index (χ1v) is 7.94. The minimum atomic E-state index is -0.242. The molecule has 1 aromatic carbocycles. The number of nitrogens with two attached hydrogens (primary N) is 1. The molecule has 0 aliphatic heterocycles. The van der Waals surface area contributed by atoms with Crippen molar-refractivity contribution in [1.82, 2.24) is 0 Å². The van der Waals surface area contributed by atoms with Gasteiger partial charge < -0.3 is 11.1 Å². The van der Waals surface area contributed by atoms with Crippen LogP contribution in [0.1, 0.15) is 55.4 Å². The van der Waals surface area contributed by atoms with Crippen LogP contribution >= 0.6 is 0 Å². The first-order valence-electron chi connectivity index (χ1n) is 7.94. The van der Waals surface area contributed by atoms with E-state index >= 15 is 0 Å². The average Bonchev–Trinajstić information content (AvgIpc) is 2.42. The minimum absolute atomic E-state index is 0.0848. The van der Waals surface area contributed by atoms with Crippen LogP contribution in [0, 0.1) is 26.7 Å². The van der Waals surface area contributed by atoms with Crippen molar-refractivity contribution < 1.29 is 9.59 Å². The van der Waals surface area contributed by atoms with Crippen molar-refractivity contribution in [2.45, 2.75) is 60.3 Å². The maximum atomic E-state index is 11.7. The van der Waals surface area contributed by atoms with Crippen molar-refractivity contribution >= 4 is 17.5 Å². The number of primary amides is 1. The average molecular weight is 304 g/mol. The Bertz CT molecular complexity index is 565. The number of hydrogen-bond acceptors (Lipinski definition) is 2. The van der Waals surface area contributed by atoms with Gasteiger partial charge in [0.1, 0.15) is 0 Å². The van der Waals surface area contributed by atoms with Crippen molar-refractivity contribution in [3.05, 3.63) is 28.3 Å². The van der Waals surface area contributed by atoms with Crippen LogP contribution in [0.3, 0.4) is 0 Å². The standard InChI is InChI=1S/C18H28N2O2/c1-6-7-8-15(18(19)22)10-16-11(2)9-12(3)17(13(16)4)20-14(5)21/h9,15H,6-8,10H2,1-5H3,(H2,19,22)(H,20,21). The summed E-state index contributed by atoms with van der Waals surface area (Å²) in [6.07, 6.45) is 3.50. The Hall–Kier alpha value is -1.84. The number of anilines is 1. The lowest BCUT2D eigenvalue weighted by Gasteiger charge is -2.20. The summed E-state index contributed by atoms with van der Waals surface area (Å²) >= 11 is 0. The first-order chi connectivity index (χ1) is 10.3. The van der Waals surface area contributed by atoms with E-state index < -0.39 is 0 Å². The molecule has 0 fully saturated rings. The monoisotopic (exact) mass is 304 g/mol. The van der Waals surface area contributed by atoms with Gasteiger partial charge in [0.2, 0.25) is 11.8 Å². The van der Waals surface area contributed by atoms with E-state index in [4.69, 9.17) is 5.73 Å². The molecule has 0 aromatic heterocycles. The van der Waals surface area contributed by atoms with E-state index in [0.717, 1.165) is 47.2 Å². The summed E-state index contributed by atoms with van der Waals surface area (Å²) < 4.78 is 0. The molecule has 3 N–H and O–H groups in total. The quantitative estimate of drug-likeness (QED) is 0.810. The smallest absolute Gasteiger partial charge is 0.221 e. The molecule has 1 unspecified atom stereocenters. The normalized spacial score (nSPS) is 12.0. The lowest BCUT2D eigenvalue weighted by atomic mass is 9.87. The minimum Gasteiger partial charge on any atom is -0.369 e. The molecule has 0 radical (unpaired) electrons. The summed E-state index contributed by atoms with van der Waals surface area (Å²) in [6.45, 7) is 9.64. The number of nitrogens with one attached hydrogen (secondary N) is 1. The third-order valence-electron chi connectivity index (χ3n) is 4.19. The zero-order valence-corrected chi connectivity index (χ0v) is 14.4. The molecule has 0 saturated heterocycles. The van der Waals surface area contributed by atoms with Gasteiger partial charge >= 0.3 is 0 Å². The SMILES string of the molecule is CCCCC(Cc1c(C)cc(C)c(NC(C)=O)c1C)C(N)=O. The molecular weight excluding hydrogens is 276 g/mol. The van der Waals surface area contributed by atoms with Gasteiger partial charge in [0.15, 0.2) is 0 Å². The van der Waals surface area contributed by atoms with Gasteiger partial charge in [-0.05, 0) is 55.9 Å². The van der Waals surface area contributed by atoms with Crippen LogP contribution < -0.4 is 11.1 Å². The molecule has 0 heterocycles. The third-order valence-corrected chi connectivity index (χ3v) is 4.19. The van der Waals surface area contributed by atoms with E-state index in [1.807, 2.05) is 20.8 Å². The van der Waals surface area contributed by atoms with Gasteiger partial charge in [-0.15, -0.1) is 0 Å². The third kappa shape index (κ3) is 4.58. The Balaban J connectivity index is 3.17. The molecule has 0 bridgehead atoms. The number of aryl methyl sites for hydroxylation is 2. The fraction of sp³-hybridized carbons (Fsp3) is 0.556. The topological polar surface area (TPSA) is 72.2 Å². The highest BCUT2D eigenvalue weighted by Gasteiger charge is 2.20. The van der Waals surface area contributed by atoms with E-state index in [0.29, 0.717) is 6.42 Å². The van der Waals surface area contributed by atoms with Crippen molar-refractivity contribution in [3.8, 4) is 0 Å². The van der Waals surface area contributed by atoms with Crippen molar-refractivity contribution in [1.29, 1.82) is 0 Å². The van der Waals surface area contributed by atoms with Crippen molar-refractivity contribution in [2.75, 3.05) is 5.32 Å². The van der Waals surface area contributed by atoms with E-state index in [1.165, 1.54) is 6.92 Å². The molecule has 0 spiro atoms. The molecule has 22 heavy (non-hydrogen) atoms. The number of benzene rings is 1. The zero-order chi connectivity index (χ0) is 16.9. The molecule has 1 atom stereocenters. The van der Waals surface area contributed by atoms with Crippen LogP contribution in [0.2, 0.25) is 0 Å². The Morgan fingerprint density at radius 1 is 1.23 bits per heavy atom. The van der Waals surface area contributed by atoms with Crippen LogP contribution in [-0.4, -0.2) is 11.8 Å². The predicted molar refractivity (Wildman–Crippen MR) is 90.9 cm³/mol. The maximum Gasteiger partial charge on any atom is 0.221 e. The zero-order valence-electron chi connectivity index (χ0n) is 14.4. The van der Waals surface area contributed by atoms with Gasteiger partial charge in [0.25, 0.3) is 0 Å². The second-order valence-corrected chi connectivity index (χ2v) is 6.12. The van der Waals surface area contributed by atoms with E-state index in [1.54, 1.807) is 0 Å². The molecule has 4 heteroatoms. The Morgan fingerprint density at radius 3 is 2.36 bits per heavy atom. The van der Waals surface area contributed by atoms with Gasteiger partial charge in [0, 0.05) is 18.5 Å². The first kappa shape index (κ1) is 18.2. The predicted octanol–water partition coefficient (Wildman–Crippen LogP) is 3.40. The number of carbonyl (C=O) groups is 2. The Morgan fingerprint density at radius 2 is 1.86 bits per heavy atom. The molecule has 122 valence electrons. The number of carbonyl (C=O) groups excluding carboxylic acids is 2. The molecule has 4 nitrogen and oxygen atoms in total. The number of amides is 2. The number of unbranched alkanes of at least 4 members (excludes halogenated alkanes) is 1. The highest BCUT2D eigenvalue weighted by atomic mass is 16.1. The van der Waals surface area contributed by atoms with Crippen LogP contribution in [-0.2, 0) is 16.0 Å². The molecule has 0 aliphatic rings. The molecule has 2 amide bonds. The summed E-state index contributed by atoms with van der Waals surface area (Å²) in [6, 6.07) is 2.06. The Labute approximate surface area is 133 Å². The van der Waals surface area contributed by atoms with Crippen LogP contribution in [0.5, 0.6) is 0 Å². The van der Waals surface area contributed by atoms with Crippen LogP contribution in [0.15, 0.2) is 6.07 Å². The van der Waals surface area contributed by atoms with Crippen molar-refractivity contribution in [3.63, 3.8) is 0 Å². The number of rotatable bonds is 7.